The monoisotopic (exact) mass is 532 g/mol. The summed E-state index contributed by atoms with van der Waals surface area (Å²) in [5.41, 5.74) is 1.33. The standard InChI is InChI=1S/C18H13BrN2O3.2CH3.Sn/c19-14-5-6-16(22)13(7-14)10-20-21-18(24)15-8-11-3-1-2-4-12(11)9-17(15)23;;;/h1-10,22-23H,(H,21,24);2*1H3;/q;;;+2/p-2/b20-10+;;;. The first-order valence-corrected chi connectivity index (χ1v) is 17.3. The first kappa shape index (κ1) is 18.3. The molecule has 0 aliphatic carbocycles. The van der Waals surface area contributed by atoms with Crippen LogP contribution in [0, 0.1) is 0 Å². The summed E-state index contributed by atoms with van der Waals surface area (Å²) in [5.74, 6) is 1.10. The molecule has 1 N–H and O–H groups in total. The molecular formula is C20H17BrN2O3Sn. The Bertz CT molecular complexity index is 1100. The van der Waals surface area contributed by atoms with Crippen LogP contribution in [0.4, 0.5) is 0 Å². The molecule has 0 saturated heterocycles. The molecule has 7 heteroatoms. The molecule has 1 aliphatic rings. The van der Waals surface area contributed by atoms with Crippen LogP contribution in [0.25, 0.3) is 10.8 Å². The molecule has 27 heavy (non-hydrogen) atoms. The van der Waals surface area contributed by atoms with Crippen LogP contribution in [-0.4, -0.2) is 36.4 Å². The number of hydrogen-bond donors (Lipinski definition) is 1. The number of aromatic hydroxyl groups is 1. The number of nitrogens with zero attached hydrogens (tertiary/aromatic N) is 2. The van der Waals surface area contributed by atoms with E-state index in [2.05, 4.69) is 26.1 Å². The molecule has 0 unspecified atom stereocenters. The molecule has 0 fully saturated rings. The second-order valence-corrected chi connectivity index (χ2v) is 16.7. The van der Waals surface area contributed by atoms with Gasteiger partial charge >= 0.3 is 171 Å². The number of benzene rings is 3. The van der Waals surface area contributed by atoms with E-state index in [1.807, 2.05) is 58.4 Å². The van der Waals surface area contributed by atoms with Crippen LogP contribution in [0.15, 0.2) is 69.3 Å². The van der Waals surface area contributed by atoms with Gasteiger partial charge in [-0.05, 0) is 0 Å². The Morgan fingerprint density at radius 3 is 2.48 bits per heavy atom. The fraction of sp³-hybridized carbons (Fsp3) is 0.100. The molecule has 0 bridgehead atoms. The first-order valence-electron chi connectivity index (χ1n) is 8.42. The average Bonchev–Trinajstić information content (AvgIpc) is 2.68. The van der Waals surface area contributed by atoms with Crippen molar-refractivity contribution in [2.75, 3.05) is 0 Å². The van der Waals surface area contributed by atoms with E-state index in [1.165, 1.54) is 0 Å². The second-order valence-electron chi connectivity index (χ2n) is 6.65. The number of phenolic OH excluding ortho intramolecular Hbond substituents is 1. The molecule has 1 heterocycles. The van der Waals surface area contributed by atoms with Gasteiger partial charge in [0, 0.05) is 0 Å². The summed E-state index contributed by atoms with van der Waals surface area (Å²) in [6.45, 7) is 0. The Kier molecular flexibility index (Phi) is 4.86. The van der Waals surface area contributed by atoms with Gasteiger partial charge in [0.15, 0.2) is 0 Å². The van der Waals surface area contributed by atoms with Crippen LogP contribution in [0.3, 0.4) is 0 Å². The maximum absolute atomic E-state index is 10.5. The normalized spacial score (nSPS) is 18.7. The summed E-state index contributed by atoms with van der Waals surface area (Å²) in [5, 5.41) is 20.9. The third-order valence-corrected chi connectivity index (χ3v) is 8.59. The molecule has 5 nitrogen and oxygen atoms in total. The van der Waals surface area contributed by atoms with Gasteiger partial charge in [0.1, 0.15) is 0 Å². The van der Waals surface area contributed by atoms with Crippen LogP contribution in [-0.2, 0) is 3.07 Å². The zero-order chi connectivity index (χ0) is 19.0. The van der Waals surface area contributed by atoms with Crippen LogP contribution in [0.5, 0.6) is 11.5 Å². The molecular weight excluding hydrogens is 515 g/mol. The van der Waals surface area contributed by atoms with Gasteiger partial charge in [0.25, 0.3) is 0 Å². The van der Waals surface area contributed by atoms with Gasteiger partial charge in [-0.25, -0.2) is 0 Å². The summed E-state index contributed by atoms with van der Waals surface area (Å²) in [6, 6.07) is 17.1. The van der Waals surface area contributed by atoms with Gasteiger partial charge in [-0.1, -0.05) is 0 Å². The summed E-state index contributed by atoms with van der Waals surface area (Å²) in [7, 11) is 0. The predicted molar refractivity (Wildman–Crippen MR) is 113 cm³/mol. The molecule has 4 rings (SSSR count). The molecule has 136 valence electrons. The van der Waals surface area contributed by atoms with Crippen molar-refractivity contribution >= 4 is 58.0 Å². The molecule has 0 atom stereocenters. The van der Waals surface area contributed by atoms with Crippen LogP contribution in [0.2, 0.25) is 9.88 Å². The first-order chi connectivity index (χ1) is 12.9. The van der Waals surface area contributed by atoms with E-state index in [1.54, 1.807) is 12.3 Å². The SMILES string of the molecule is [CH3][Sn]1([CH3])[O]/C(c2cc3ccccc3cc2O)=N\N=C\c2cc(Br)ccc2[O]1. The van der Waals surface area contributed by atoms with Gasteiger partial charge in [-0.3, -0.25) is 0 Å². The number of rotatable bonds is 1. The Balaban J connectivity index is 1.83. The van der Waals surface area contributed by atoms with Crippen molar-refractivity contribution in [3.8, 4) is 11.5 Å². The van der Waals surface area contributed by atoms with E-state index >= 15 is 0 Å². The summed E-state index contributed by atoms with van der Waals surface area (Å²) in [6.07, 6.45) is 1.63. The third-order valence-electron chi connectivity index (χ3n) is 4.11. The van der Waals surface area contributed by atoms with Crippen molar-refractivity contribution in [1.29, 1.82) is 0 Å². The molecule has 0 amide bonds. The Morgan fingerprint density at radius 2 is 1.70 bits per heavy atom. The minimum absolute atomic E-state index is 0.101. The van der Waals surface area contributed by atoms with Gasteiger partial charge in [0.2, 0.25) is 0 Å². The van der Waals surface area contributed by atoms with Crippen molar-refractivity contribution in [3.05, 3.63) is 70.2 Å². The van der Waals surface area contributed by atoms with Crippen molar-refractivity contribution in [3.63, 3.8) is 0 Å². The summed E-state index contributed by atoms with van der Waals surface area (Å²) >= 11 is -0.0159. The predicted octanol–water partition coefficient (Wildman–Crippen LogP) is 5.20. The van der Waals surface area contributed by atoms with Crippen LogP contribution < -0.4 is 3.07 Å². The maximum atomic E-state index is 10.5. The third kappa shape index (κ3) is 3.96. The van der Waals surface area contributed by atoms with Crippen molar-refractivity contribution < 1.29 is 11.3 Å². The molecule has 0 spiro atoms. The summed E-state index contributed by atoms with van der Waals surface area (Å²) in [4.78, 5) is 4.00. The van der Waals surface area contributed by atoms with Crippen molar-refractivity contribution in [2.24, 2.45) is 10.2 Å². The zero-order valence-corrected chi connectivity index (χ0v) is 19.2. The van der Waals surface area contributed by atoms with Crippen molar-refractivity contribution in [2.45, 2.75) is 9.88 Å². The van der Waals surface area contributed by atoms with Gasteiger partial charge in [-0.2, -0.15) is 0 Å². The topological polar surface area (TPSA) is 63.4 Å². The van der Waals surface area contributed by atoms with E-state index in [0.29, 0.717) is 5.56 Å². The van der Waals surface area contributed by atoms with Gasteiger partial charge in [-0.15, -0.1) is 0 Å². The number of hydrogen-bond acceptors (Lipinski definition) is 5. The van der Waals surface area contributed by atoms with Crippen LogP contribution >= 0.6 is 15.9 Å². The molecule has 0 saturated carbocycles. The second kappa shape index (κ2) is 7.16. The minimum atomic E-state index is -3.48. The molecule has 1 aliphatic heterocycles. The Hall–Kier alpha value is -2.06. The van der Waals surface area contributed by atoms with E-state index in [-0.39, 0.29) is 11.6 Å². The number of phenols is 1. The molecule has 3 aromatic rings. The average molecular weight is 532 g/mol. The van der Waals surface area contributed by atoms with Crippen LogP contribution in [0.1, 0.15) is 11.1 Å². The molecule has 0 radical (unpaired) electrons. The van der Waals surface area contributed by atoms with E-state index < -0.39 is 19.2 Å². The molecule has 3 aromatic carbocycles. The fourth-order valence-electron chi connectivity index (χ4n) is 2.90. The van der Waals surface area contributed by atoms with E-state index in [0.717, 1.165) is 26.6 Å². The van der Waals surface area contributed by atoms with Gasteiger partial charge < -0.3 is 0 Å². The zero-order valence-electron chi connectivity index (χ0n) is 14.8. The Labute approximate surface area is 170 Å². The fourth-order valence-corrected chi connectivity index (χ4v) is 7.20. The quantitative estimate of drug-likeness (QED) is 0.439. The van der Waals surface area contributed by atoms with E-state index in [4.69, 9.17) is 6.15 Å². The van der Waals surface area contributed by atoms with Gasteiger partial charge in [0.05, 0.1) is 0 Å². The molecule has 0 aromatic heterocycles. The number of halogens is 1. The Morgan fingerprint density at radius 1 is 0.963 bits per heavy atom. The number of fused-ring (bicyclic) bond motifs is 2. The van der Waals surface area contributed by atoms with E-state index in [9.17, 15) is 5.11 Å². The summed E-state index contributed by atoms with van der Waals surface area (Å²) < 4.78 is 13.4. The van der Waals surface area contributed by atoms with Crippen molar-refractivity contribution in [1.82, 2.24) is 0 Å².